The summed E-state index contributed by atoms with van der Waals surface area (Å²) in [5.74, 6) is -0.212. The molecule has 2 aromatic rings. The normalized spacial score (nSPS) is 16.5. The summed E-state index contributed by atoms with van der Waals surface area (Å²) in [4.78, 5) is 16.5. The van der Waals surface area contributed by atoms with Gasteiger partial charge in [-0.1, -0.05) is 29.3 Å². The highest BCUT2D eigenvalue weighted by Crippen LogP contribution is 2.21. The van der Waals surface area contributed by atoms with Crippen molar-refractivity contribution in [2.45, 2.75) is 25.4 Å². The van der Waals surface area contributed by atoms with E-state index >= 15 is 0 Å². The Balaban J connectivity index is 1.50. The predicted octanol–water partition coefficient (Wildman–Crippen LogP) is 3.95. The molecule has 0 radical (unpaired) electrons. The van der Waals surface area contributed by atoms with Gasteiger partial charge in [0.1, 0.15) is 5.69 Å². The SMILES string of the molecule is O=C(NCCc1ccc(Cl)cc1Cl)c1cc(NCC2CCCO2)ccn1. The predicted molar refractivity (Wildman–Crippen MR) is 104 cm³/mol. The average Bonchev–Trinajstić information content (AvgIpc) is 3.15. The zero-order chi connectivity index (χ0) is 18.4. The molecular weight excluding hydrogens is 373 g/mol. The minimum atomic E-state index is -0.212. The van der Waals surface area contributed by atoms with E-state index in [-0.39, 0.29) is 12.0 Å². The summed E-state index contributed by atoms with van der Waals surface area (Å²) >= 11 is 12.0. The maximum absolute atomic E-state index is 12.3. The molecule has 1 aromatic heterocycles. The molecule has 1 unspecified atom stereocenters. The first kappa shape index (κ1) is 19.0. The first-order chi connectivity index (χ1) is 12.6. The van der Waals surface area contributed by atoms with Gasteiger partial charge in [0.2, 0.25) is 0 Å². The third kappa shape index (κ3) is 5.34. The third-order valence-corrected chi connectivity index (χ3v) is 4.83. The van der Waals surface area contributed by atoms with E-state index in [1.165, 1.54) is 0 Å². The van der Waals surface area contributed by atoms with E-state index in [1.54, 1.807) is 24.4 Å². The molecule has 3 rings (SSSR count). The van der Waals surface area contributed by atoms with E-state index in [4.69, 9.17) is 27.9 Å². The average molecular weight is 394 g/mol. The van der Waals surface area contributed by atoms with Crippen LogP contribution in [-0.4, -0.2) is 36.7 Å². The molecule has 1 saturated heterocycles. The van der Waals surface area contributed by atoms with Crippen LogP contribution in [0, 0.1) is 0 Å². The summed E-state index contributed by atoms with van der Waals surface area (Å²) in [6, 6.07) is 8.95. The van der Waals surface area contributed by atoms with Crippen molar-refractivity contribution in [2.24, 2.45) is 0 Å². The lowest BCUT2D eigenvalue weighted by Crippen LogP contribution is -2.26. The van der Waals surface area contributed by atoms with Gasteiger partial charge in [-0.2, -0.15) is 0 Å². The number of carbonyl (C=O) groups is 1. The lowest BCUT2D eigenvalue weighted by molar-refractivity contribution is 0.0949. The Morgan fingerprint density at radius 1 is 1.27 bits per heavy atom. The highest BCUT2D eigenvalue weighted by molar-refractivity contribution is 6.35. The van der Waals surface area contributed by atoms with Crippen LogP contribution >= 0.6 is 23.2 Å². The Bertz CT molecular complexity index is 764. The molecule has 1 aliphatic heterocycles. The topological polar surface area (TPSA) is 63.2 Å². The molecule has 0 spiro atoms. The number of pyridine rings is 1. The molecule has 7 heteroatoms. The first-order valence-corrected chi connectivity index (χ1v) is 9.41. The minimum Gasteiger partial charge on any atom is -0.382 e. The summed E-state index contributed by atoms with van der Waals surface area (Å²) in [5, 5.41) is 7.37. The van der Waals surface area contributed by atoms with Gasteiger partial charge in [-0.3, -0.25) is 9.78 Å². The molecule has 1 aromatic carbocycles. The molecule has 1 atom stereocenters. The van der Waals surface area contributed by atoms with Crippen LogP contribution in [0.4, 0.5) is 5.69 Å². The van der Waals surface area contributed by atoms with Crippen molar-refractivity contribution in [1.82, 2.24) is 10.3 Å². The van der Waals surface area contributed by atoms with Crippen molar-refractivity contribution < 1.29 is 9.53 Å². The number of carbonyl (C=O) groups excluding carboxylic acids is 1. The molecule has 1 aliphatic rings. The number of ether oxygens (including phenoxy) is 1. The standard InChI is InChI=1S/C19H21Cl2N3O2/c20-14-4-3-13(17(21)10-14)5-7-23-19(25)18-11-15(6-8-22-18)24-12-16-2-1-9-26-16/h3-4,6,8,10-11,16H,1-2,5,7,9,12H2,(H,22,24)(H,23,25). The van der Waals surface area contributed by atoms with Gasteiger partial charge in [-0.05, 0) is 49.1 Å². The fourth-order valence-corrected chi connectivity index (χ4v) is 3.33. The Morgan fingerprint density at radius 2 is 2.15 bits per heavy atom. The van der Waals surface area contributed by atoms with E-state index in [2.05, 4.69) is 15.6 Å². The van der Waals surface area contributed by atoms with Crippen LogP contribution in [0.15, 0.2) is 36.5 Å². The zero-order valence-corrected chi connectivity index (χ0v) is 15.8. The number of amides is 1. The number of nitrogens with zero attached hydrogens (tertiary/aromatic N) is 1. The van der Waals surface area contributed by atoms with E-state index in [9.17, 15) is 4.79 Å². The van der Waals surface area contributed by atoms with Crippen molar-refractivity contribution in [2.75, 3.05) is 25.0 Å². The molecule has 26 heavy (non-hydrogen) atoms. The van der Waals surface area contributed by atoms with Gasteiger partial charge in [0.15, 0.2) is 0 Å². The van der Waals surface area contributed by atoms with Gasteiger partial charge in [0.25, 0.3) is 5.91 Å². The quantitative estimate of drug-likeness (QED) is 0.747. The van der Waals surface area contributed by atoms with E-state index in [1.807, 2.05) is 12.1 Å². The van der Waals surface area contributed by atoms with Gasteiger partial charge in [0.05, 0.1) is 6.10 Å². The van der Waals surface area contributed by atoms with E-state index in [0.29, 0.717) is 28.7 Å². The number of rotatable bonds is 7. The summed E-state index contributed by atoms with van der Waals surface area (Å²) in [7, 11) is 0. The fourth-order valence-electron chi connectivity index (χ4n) is 2.83. The molecule has 2 N–H and O–H groups in total. The third-order valence-electron chi connectivity index (χ3n) is 4.25. The Labute approximate surface area is 163 Å². The summed E-state index contributed by atoms with van der Waals surface area (Å²) in [5.41, 5.74) is 2.18. The monoisotopic (exact) mass is 393 g/mol. The van der Waals surface area contributed by atoms with Crippen LogP contribution in [0.3, 0.4) is 0 Å². The van der Waals surface area contributed by atoms with Crippen molar-refractivity contribution in [3.8, 4) is 0 Å². The van der Waals surface area contributed by atoms with Crippen LogP contribution in [-0.2, 0) is 11.2 Å². The second-order valence-electron chi connectivity index (χ2n) is 6.19. The molecule has 0 bridgehead atoms. The minimum absolute atomic E-state index is 0.212. The zero-order valence-electron chi connectivity index (χ0n) is 14.3. The highest BCUT2D eigenvalue weighted by atomic mass is 35.5. The maximum atomic E-state index is 12.3. The molecule has 5 nitrogen and oxygen atoms in total. The number of anilines is 1. The van der Waals surface area contributed by atoms with Crippen molar-refractivity contribution in [3.63, 3.8) is 0 Å². The smallest absolute Gasteiger partial charge is 0.269 e. The van der Waals surface area contributed by atoms with Crippen molar-refractivity contribution >= 4 is 34.8 Å². The Hall–Kier alpha value is -1.82. The van der Waals surface area contributed by atoms with E-state index < -0.39 is 0 Å². The number of halogens is 2. The molecule has 1 amide bonds. The first-order valence-electron chi connectivity index (χ1n) is 8.65. The van der Waals surface area contributed by atoms with Gasteiger partial charge in [-0.15, -0.1) is 0 Å². The molecule has 1 fully saturated rings. The molecule has 0 saturated carbocycles. The van der Waals surface area contributed by atoms with Crippen LogP contribution in [0.1, 0.15) is 28.9 Å². The Kier molecular flexibility index (Phi) is 6.72. The van der Waals surface area contributed by atoms with E-state index in [0.717, 1.165) is 37.2 Å². The van der Waals surface area contributed by atoms with Gasteiger partial charge in [0, 0.05) is 41.6 Å². The fraction of sp³-hybridized carbons (Fsp3) is 0.368. The molecule has 138 valence electrons. The Morgan fingerprint density at radius 3 is 2.92 bits per heavy atom. The van der Waals surface area contributed by atoms with Gasteiger partial charge in [-0.25, -0.2) is 0 Å². The number of hydrogen-bond donors (Lipinski definition) is 2. The number of nitrogens with one attached hydrogen (secondary N) is 2. The van der Waals surface area contributed by atoms with Crippen LogP contribution < -0.4 is 10.6 Å². The molecule has 2 heterocycles. The van der Waals surface area contributed by atoms with Crippen LogP contribution in [0.25, 0.3) is 0 Å². The number of aromatic nitrogens is 1. The summed E-state index contributed by atoms with van der Waals surface area (Å²) in [6.45, 7) is 2.03. The maximum Gasteiger partial charge on any atom is 0.269 e. The molecule has 0 aliphatic carbocycles. The van der Waals surface area contributed by atoms with Crippen LogP contribution in [0.2, 0.25) is 10.0 Å². The number of benzene rings is 1. The largest absolute Gasteiger partial charge is 0.382 e. The van der Waals surface area contributed by atoms with Crippen LogP contribution in [0.5, 0.6) is 0 Å². The lowest BCUT2D eigenvalue weighted by Gasteiger charge is -2.12. The lowest BCUT2D eigenvalue weighted by atomic mass is 10.1. The highest BCUT2D eigenvalue weighted by Gasteiger charge is 2.15. The summed E-state index contributed by atoms with van der Waals surface area (Å²) < 4.78 is 5.59. The van der Waals surface area contributed by atoms with Gasteiger partial charge < -0.3 is 15.4 Å². The second kappa shape index (κ2) is 9.21. The number of hydrogen-bond acceptors (Lipinski definition) is 4. The summed E-state index contributed by atoms with van der Waals surface area (Å²) in [6.07, 6.45) is 4.67. The van der Waals surface area contributed by atoms with Crippen molar-refractivity contribution in [1.29, 1.82) is 0 Å². The van der Waals surface area contributed by atoms with Gasteiger partial charge >= 0.3 is 0 Å². The second-order valence-corrected chi connectivity index (χ2v) is 7.03. The molecular formula is C19H21Cl2N3O2. The van der Waals surface area contributed by atoms with Crippen molar-refractivity contribution in [3.05, 3.63) is 57.8 Å².